The second-order valence-electron chi connectivity index (χ2n) is 11.7. The van der Waals surface area contributed by atoms with Crippen LogP contribution in [0, 0.1) is 5.92 Å². The molecule has 0 amide bonds. The first-order valence-electron chi connectivity index (χ1n) is 15.7. The molecule has 2 atom stereocenters. The van der Waals surface area contributed by atoms with Gasteiger partial charge in [0.25, 0.3) is 0 Å². The zero-order valence-electron chi connectivity index (χ0n) is 24.5. The van der Waals surface area contributed by atoms with Crippen LogP contribution in [0.15, 0.2) is 42.5 Å². The van der Waals surface area contributed by atoms with Crippen LogP contribution in [0.25, 0.3) is 0 Å². The van der Waals surface area contributed by atoms with Crippen molar-refractivity contribution in [3.8, 4) is 17.2 Å². The van der Waals surface area contributed by atoms with Gasteiger partial charge < -0.3 is 28.4 Å². The minimum absolute atomic E-state index is 0.130. The Morgan fingerprint density at radius 3 is 1.95 bits per heavy atom. The second kappa shape index (κ2) is 15.5. The van der Waals surface area contributed by atoms with E-state index in [0.717, 1.165) is 37.4 Å². The third kappa shape index (κ3) is 10.2. The van der Waals surface area contributed by atoms with Gasteiger partial charge in [0.15, 0.2) is 0 Å². The molecule has 224 valence electrons. The van der Waals surface area contributed by atoms with Crippen LogP contribution in [-0.4, -0.2) is 57.8 Å². The van der Waals surface area contributed by atoms with Crippen LogP contribution >= 0.6 is 0 Å². The summed E-state index contributed by atoms with van der Waals surface area (Å²) in [7, 11) is 0. The number of ether oxygens (including phenoxy) is 6. The lowest BCUT2D eigenvalue weighted by atomic mass is 9.77. The van der Waals surface area contributed by atoms with Gasteiger partial charge in [0, 0.05) is 6.07 Å². The van der Waals surface area contributed by atoms with Crippen LogP contribution in [0.5, 0.6) is 17.2 Å². The monoisotopic (exact) mass is 566 g/mol. The van der Waals surface area contributed by atoms with Crippen LogP contribution in [0.2, 0.25) is 0 Å². The zero-order chi connectivity index (χ0) is 28.3. The molecule has 2 aliphatic heterocycles. The van der Waals surface area contributed by atoms with Crippen LogP contribution in [0.3, 0.4) is 0 Å². The summed E-state index contributed by atoms with van der Waals surface area (Å²) in [4.78, 5) is 12.7. The fourth-order valence-corrected chi connectivity index (χ4v) is 5.59. The van der Waals surface area contributed by atoms with Gasteiger partial charge in [-0.25, -0.2) is 4.79 Å². The Bertz CT molecular complexity index is 1030. The highest BCUT2D eigenvalue weighted by atomic mass is 16.6. The van der Waals surface area contributed by atoms with Crippen LogP contribution in [-0.2, 0) is 14.2 Å². The summed E-state index contributed by atoms with van der Waals surface area (Å²) in [6.07, 6.45) is 12.2. The molecule has 0 radical (unpaired) electrons. The number of hydrogen-bond acceptors (Lipinski definition) is 7. The molecular weight excluding hydrogens is 520 g/mol. The Morgan fingerprint density at radius 2 is 1.37 bits per heavy atom. The lowest BCUT2D eigenvalue weighted by Gasteiger charge is -2.28. The van der Waals surface area contributed by atoms with Crippen molar-refractivity contribution in [2.45, 2.75) is 89.3 Å². The first-order valence-corrected chi connectivity index (χ1v) is 15.7. The number of carbonyl (C=O) groups excluding carboxylic acids is 1. The van der Waals surface area contributed by atoms with Gasteiger partial charge in [0.1, 0.15) is 42.7 Å². The van der Waals surface area contributed by atoms with E-state index in [2.05, 4.69) is 31.2 Å². The van der Waals surface area contributed by atoms with E-state index in [1.54, 1.807) is 18.2 Å². The molecule has 2 aromatic rings. The van der Waals surface area contributed by atoms with E-state index in [9.17, 15) is 4.79 Å². The fourth-order valence-electron chi connectivity index (χ4n) is 5.59. The first-order chi connectivity index (χ1) is 20.2. The van der Waals surface area contributed by atoms with Gasteiger partial charge in [-0.2, -0.15) is 0 Å². The average molecular weight is 567 g/mol. The van der Waals surface area contributed by atoms with Gasteiger partial charge in [-0.1, -0.05) is 31.9 Å². The number of carbonyl (C=O) groups is 1. The Hall–Kier alpha value is -2.77. The maximum atomic E-state index is 12.7. The summed E-state index contributed by atoms with van der Waals surface area (Å²) in [5, 5.41) is 0. The average Bonchev–Trinajstić information content (AvgIpc) is 3.93. The fraction of sp³-hybridized carbons (Fsp3) is 0.618. The molecule has 1 aliphatic carbocycles. The number of benzene rings is 2. The minimum Gasteiger partial charge on any atom is -0.494 e. The minimum atomic E-state index is -0.369. The lowest BCUT2D eigenvalue weighted by Crippen LogP contribution is -2.13. The van der Waals surface area contributed by atoms with Gasteiger partial charge in [0.2, 0.25) is 0 Å². The molecule has 0 aromatic heterocycles. The number of epoxide rings is 2. The lowest BCUT2D eigenvalue weighted by molar-refractivity contribution is 0.0496. The van der Waals surface area contributed by atoms with Crippen molar-refractivity contribution < 1.29 is 33.2 Å². The highest BCUT2D eigenvalue weighted by Gasteiger charge is 2.25. The number of rotatable bonds is 18. The Morgan fingerprint density at radius 1 is 0.756 bits per heavy atom. The summed E-state index contributed by atoms with van der Waals surface area (Å²) in [5.41, 5.74) is 1.89. The largest absolute Gasteiger partial charge is 0.494 e. The van der Waals surface area contributed by atoms with Gasteiger partial charge in [-0.05, 0) is 93.0 Å². The molecule has 7 heteroatoms. The molecular formula is C34H46O7. The van der Waals surface area contributed by atoms with Crippen molar-refractivity contribution in [1.29, 1.82) is 0 Å². The first kappa shape index (κ1) is 29.7. The quantitative estimate of drug-likeness (QED) is 0.108. The normalized spacial score (nSPS) is 23.0. The van der Waals surface area contributed by atoms with Crippen LogP contribution < -0.4 is 14.2 Å². The molecule has 3 fully saturated rings. The molecule has 3 aliphatic rings. The highest BCUT2D eigenvalue weighted by molar-refractivity contribution is 5.90. The van der Waals surface area contributed by atoms with Crippen molar-refractivity contribution in [3.63, 3.8) is 0 Å². The maximum Gasteiger partial charge on any atom is 0.338 e. The predicted octanol–water partition coefficient (Wildman–Crippen LogP) is 7.11. The van der Waals surface area contributed by atoms with Crippen molar-refractivity contribution in [3.05, 3.63) is 53.6 Å². The third-order valence-electron chi connectivity index (χ3n) is 8.23. The highest BCUT2D eigenvalue weighted by Crippen LogP contribution is 2.38. The van der Waals surface area contributed by atoms with Gasteiger partial charge >= 0.3 is 5.97 Å². The smallest absolute Gasteiger partial charge is 0.338 e. The summed E-state index contributed by atoms with van der Waals surface area (Å²) in [6.45, 7) is 5.72. The van der Waals surface area contributed by atoms with E-state index in [1.165, 1.54) is 44.1 Å². The maximum absolute atomic E-state index is 12.7. The Labute approximate surface area is 244 Å². The van der Waals surface area contributed by atoms with Crippen molar-refractivity contribution in [2.24, 2.45) is 5.92 Å². The molecule has 2 aromatic carbocycles. The Balaban J connectivity index is 0.948. The molecule has 2 heterocycles. The summed E-state index contributed by atoms with van der Waals surface area (Å²) < 4.78 is 33.5. The van der Waals surface area contributed by atoms with Gasteiger partial charge in [0.05, 0.1) is 32.0 Å². The zero-order valence-corrected chi connectivity index (χ0v) is 24.5. The van der Waals surface area contributed by atoms with E-state index >= 15 is 0 Å². The molecule has 0 N–H and O–H groups in total. The third-order valence-corrected chi connectivity index (χ3v) is 8.23. The molecule has 5 rings (SSSR count). The molecule has 0 spiro atoms. The molecule has 2 saturated heterocycles. The van der Waals surface area contributed by atoms with E-state index in [1.807, 2.05) is 0 Å². The molecule has 0 bridgehead atoms. The van der Waals surface area contributed by atoms with E-state index in [-0.39, 0.29) is 18.2 Å². The Kier molecular flexibility index (Phi) is 11.2. The summed E-state index contributed by atoms with van der Waals surface area (Å²) in [5.74, 6) is 3.38. The molecule has 7 nitrogen and oxygen atoms in total. The molecule has 1 saturated carbocycles. The van der Waals surface area contributed by atoms with Crippen molar-refractivity contribution in [1.82, 2.24) is 0 Å². The number of esters is 1. The van der Waals surface area contributed by atoms with Crippen LogP contribution in [0.4, 0.5) is 0 Å². The topological polar surface area (TPSA) is 79.1 Å². The summed E-state index contributed by atoms with van der Waals surface area (Å²) >= 11 is 0. The molecule has 41 heavy (non-hydrogen) atoms. The number of unbranched alkanes of at least 4 members (excludes halogenated alkanes) is 3. The SMILES string of the molecule is CCCC1CCC(c2ccc(OCCCCCCOC(=O)c3cc(OCC4CO4)cc(OCC4CO4)c3)cc2)CC1. The van der Waals surface area contributed by atoms with E-state index < -0.39 is 0 Å². The standard InChI is InChI=1S/C34H46O7/c1-2-7-25-8-10-26(11-9-25)27-12-14-29(15-13-27)36-16-5-3-4-6-17-37-34(35)28-18-30(38-21-32-23-40-32)20-31(19-28)39-22-33-24-41-33/h12-15,18-20,25-26,32-33H,2-11,16-17,21-24H2,1H3. The van der Waals surface area contributed by atoms with E-state index in [4.69, 9.17) is 28.4 Å². The second-order valence-corrected chi connectivity index (χ2v) is 11.7. The van der Waals surface area contributed by atoms with Gasteiger partial charge in [-0.3, -0.25) is 0 Å². The number of hydrogen-bond donors (Lipinski definition) is 0. The van der Waals surface area contributed by atoms with E-state index in [0.29, 0.717) is 62.6 Å². The van der Waals surface area contributed by atoms with Crippen molar-refractivity contribution >= 4 is 5.97 Å². The van der Waals surface area contributed by atoms with Gasteiger partial charge in [-0.15, -0.1) is 0 Å². The van der Waals surface area contributed by atoms with Crippen molar-refractivity contribution in [2.75, 3.05) is 39.6 Å². The summed E-state index contributed by atoms with van der Waals surface area (Å²) in [6, 6.07) is 14.0. The molecule has 2 unspecified atom stereocenters. The van der Waals surface area contributed by atoms with Crippen LogP contribution in [0.1, 0.15) is 93.0 Å². The predicted molar refractivity (Wildman–Crippen MR) is 157 cm³/mol.